The molecule has 2 aromatic rings. The molecule has 0 aromatic heterocycles. The van der Waals surface area contributed by atoms with Gasteiger partial charge in [0.05, 0.1) is 0 Å². The van der Waals surface area contributed by atoms with Crippen molar-refractivity contribution in [3.8, 4) is 5.75 Å². The molecule has 0 fully saturated rings. The summed E-state index contributed by atoms with van der Waals surface area (Å²) in [5.41, 5.74) is 1.84. The highest BCUT2D eigenvalue weighted by molar-refractivity contribution is 6.04. The van der Waals surface area contributed by atoms with Gasteiger partial charge in [-0.3, -0.25) is 10.7 Å². The highest BCUT2D eigenvalue weighted by Gasteiger charge is 2.08. The van der Waals surface area contributed by atoms with Crippen molar-refractivity contribution in [3.05, 3.63) is 65.7 Å². The Bertz CT molecular complexity index is 606. The van der Waals surface area contributed by atoms with Crippen LogP contribution in [0.3, 0.4) is 0 Å². The van der Waals surface area contributed by atoms with Gasteiger partial charge in [0.25, 0.3) is 0 Å². The van der Waals surface area contributed by atoms with Crippen molar-refractivity contribution >= 4 is 11.9 Å². The largest absolute Gasteiger partial charge is 0.418 e. The summed E-state index contributed by atoms with van der Waals surface area (Å²) >= 11 is 0. The SMILES string of the molecule is CCCc1ccc(OC(=O)NC(=N)c2ccccc2)cc1. The summed E-state index contributed by atoms with van der Waals surface area (Å²) in [5.74, 6) is 0.483. The monoisotopic (exact) mass is 282 g/mol. The van der Waals surface area contributed by atoms with E-state index in [2.05, 4.69) is 12.2 Å². The Hall–Kier alpha value is -2.62. The number of hydrogen-bond donors (Lipinski definition) is 2. The van der Waals surface area contributed by atoms with E-state index in [1.807, 2.05) is 30.3 Å². The Kier molecular flexibility index (Phi) is 5.10. The van der Waals surface area contributed by atoms with Crippen molar-refractivity contribution in [2.45, 2.75) is 19.8 Å². The molecule has 2 rings (SSSR count). The van der Waals surface area contributed by atoms with Crippen LogP contribution in [0.5, 0.6) is 5.75 Å². The van der Waals surface area contributed by atoms with Crippen molar-refractivity contribution in [1.29, 1.82) is 5.41 Å². The Morgan fingerprint density at radius 1 is 1.10 bits per heavy atom. The zero-order valence-corrected chi connectivity index (χ0v) is 11.9. The smallest absolute Gasteiger partial charge is 0.410 e. The molecule has 4 nitrogen and oxygen atoms in total. The average Bonchev–Trinajstić information content (AvgIpc) is 2.50. The average molecular weight is 282 g/mol. The van der Waals surface area contributed by atoms with Crippen LogP contribution in [0.25, 0.3) is 0 Å². The maximum absolute atomic E-state index is 11.7. The third kappa shape index (κ3) is 4.45. The number of nitrogens with one attached hydrogen (secondary N) is 2. The Labute approximate surface area is 124 Å². The van der Waals surface area contributed by atoms with Crippen LogP contribution in [0.15, 0.2) is 54.6 Å². The highest BCUT2D eigenvalue weighted by Crippen LogP contribution is 2.13. The number of rotatable bonds is 4. The predicted octanol–water partition coefficient (Wildman–Crippen LogP) is 3.75. The number of aryl methyl sites for hydroxylation is 1. The number of carbonyl (C=O) groups excluding carboxylic acids is 1. The predicted molar refractivity (Wildman–Crippen MR) is 82.9 cm³/mol. The van der Waals surface area contributed by atoms with Gasteiger partial charge in [-0.2, -0.15) is 0 Å². The summed E-state index contributed by atoms with van der Waals surface area (Å²) in [6.45, 7) is 2.12. The molecule has 21 heavy (non-hydrogen) atoms. The van der Waals surface area contributed by atoms with Gasteiger partial charge in [-0.25, -0.2) is 4.79 Å². The van der Waals surface area contributed by atoms with E-state index in [9.17, 15) is 4.79 Å². The molecule has 0 spiro atoms. The summed E-state index contributed by atoms with van der Waals surface area (Å²) in [6.07, 6.45) is 1.42. The molecule has 0 unspecified atom stereocenters. The lowest BCUT2D eigenvalue weighted by Gasteiger charge is -2.08. The molecule has 2 N–H and O–H groups in total. The van der Waals surface area contributed by atoms with Gasteiger partial charge in [0, 0.05) is 5.56 Å². The molecule has 2 aromatic carbocycles. The van der Waals surface area contributed by atoms with Crippen LogP contribution in [0.4, 0.5) is 4.79 Å². The Morgan fingerprint density at radius 3 is 2.38 bits per heavy atom. The van der Waals surface area contributed by atoms with Gasteiger partial charge >= 0.3 is 6.09 Å². The third-order valence-corrected chi connectivity index (χ3v) is 2.96. The standard InChI is InChI=1S/C17H18N2O2/c1-2-6-13-9-11-15(12-10-13)21-17(20)19-16(18)14-7-4-3-5-8-14/h3-5,7-12H,2,6H2,1H3,(H2,18,19,20). The lowest BCUT2D eigenvalue weighted by molar-refractivity contribution is 0.206. The molecule has 0 aliphatic carbocycles. The van der Waals surface area contributed by atoms with Crippen molar-refractivity contribution < 1.29 is 9.53 Å². The van der Waals surface area contributed by atoms with Gasteiger partial charge in [0.2, 0.25) is 0 Å². The molecule has 0 atom stereocenters. The van der Waals surface area contributed by atoms with E-state index < -0.39 is 6.09 Å². The molecule has 0 saturated carbocycles. The minimum atomic E-state index is -0.660. The van der Waals surface area contributed by atoms with Crippen LogP contribution < -0.4 is 10.1 Å². The zero-order valence-electron chi connectivity index (χ0n) is 11.9. The van der Waals surface area contributed by atoms with Crippen LogP contribution in [-0.4, -0.2) is 11.9 Å². The minimum Gasteiger partial charge on any atom is -0.410 e. The summed E-state index contributed by atoms with van der Waals surface area (Å²) in [6, 6.07) is 16.4. The maximum Gasteiger partial charge on any atom is 0.418 e. The Morgan fingerprint density at radius 2 is 1.76 bits per heavy atom. The molecule has 0 aliphatic rings. The fourth-order valence-corrected chi connectivity index (χ4v) is 1.92. The van der Waals surface area contributed by atoms with Gasteiger partial charge in [0.1, 0.15) is 11.6 Å². The number of ether oxygens (including phenoxy) is 1. The van der Waals surface area contributed by atoms with Crippen molar-refractivity contribution in [2.24, 2.45) is 0 Å². The third-order valence-electron chi connectivity index (χ3n) is 2.96. The fraction of sp³-hybridized carbons (Fsp3) is 0.176. The van der Waals surface area contributed by atoms with E-state index in [4.69, 9.17) is 10.1 Å². The van der Waals surface area contributed by atoms with Gasteiger partial charge in [-0.1, -0.05) is 55.8 Å². The second-order valence-electron chi connectivity index (χ2n) is 4.65. The first-order valence-electron chi connectivity index (χ1n) is 6.91. The zero-order chi connectivity index (χ0) is 15.1. The molecule has 0 bridgehead atoms. The number of benzene rings is 2. The van der Waals surface area contributed by atoms with Crippen LogP contribution in [-0.2, 0) is 6.42 Å². The topological polar surface area (TPSA) is 62.2 Å². The van der Waals surface area contributed by atoms with Crippen molar-refractivity contribution in [1.82, 2.24) is 5.32 Å². The molecular formula is C17H18N2O2. The van der Waals surface area contributed by atoms with Crippen LogP contribution in [0, 0.1) is 5.41 Å². The second-order valence-corrected chi connectivity index (χ2v) is 4.65. The van der Waals surface area contributed by atoms with E-state index in [1.165, 1.54) is 5.56 Å². The van der Waals surface area contributed by atoms with Crippen LogP contribution in [0.1, 0.15) is 24.5 Å². The molecular weight excluding hydrogens is 264 g/mol. The summed E-state index contributed by atoms with van der Waals surface area (Å²) in [4.78, 5) is 11.7. The molecule has 0 saturated heterocycles. The number of amidine groups is 1. The number of carbonyl (C=O) groups is 1. The minimum absolute atomic E-state index is 0.0169. The van der Waals surface area contributed by atoms with Gasteiger partial charge in [-0.05, 0) is 24.1 Å². The summed E-state index contributed by atoms with van der Waals surface area (Å²) in [7, 11) is 0. The maximum atomic E-state index is 11.7. The highest BCUT2D eigenvalue weighted by atomic mass is 16.6. The summed E-state index contributed by atoms with van der Waals surface area (Å²) in [5, 5.41) is 10.2. The first kappa shape index (κ1) is 14.8. The Balaban J connectivity index is 1.91. The van der Waals surface area contributed by atoms with E-state index in [-0.39, 0.29) is 5.84 Å². The van der Waals surface area contributed by atoms with Crippen LogP contribution >= 0.6 is 0 Å². The van der Waals surface area contributed by atoms with Gasteiger partial charge in [0.15, 0.2) is 0 Å². The van der Waals surface area contributed by atoms with E-state index in [0.29, 0.717) is 11.3 Å². The molecule has 0 radical (unpaired) electrons. The van der Waals surface area contributed by atoms with E-state index >= 15 is 0 Å². The quantitative estimate of drug-likeness (QED) is 0.662. The summed E-state index contributed by atoms with van der Waals surface area (Å²) < 4.78 is 5.15. The molecule has 0 aliphatic heterocycles. The van der Waals surface area contributed by atoms with Crippen molar-refractivity contribution in [3.63, 3.8) is 0 Å². The fourth-order valence-electron chi connectivity index (χ4n) is 1.92. The first-order chi connectivity index (χ1) is 10.2. The van der Waals surface area contributed by atoms with Gasteiger partial charge in [-0.15, -0.1) is 0 Å². The number of hydrogen-bond acceptors (Lipinski definition) is 3. The number of amides is 1. The first-order valence-corrected chi connectivity index (χ1v) is 6.91. The lowest BCUT2D eigenvalue weighted by Crippen LogP contribution is -2.32. The molecule has 0 heterocycles. The normalized spacial score (nSPS) is 9.95. The van der Waals surface area contributed by atoms with Gasteiger partial charge < -0.3 is 4.74 Å². The second kappa shape index (κ2) is 7.24. The van der Waals surface area contributed by atoms with E-state index in [1.54, 1.807) is 24.3 Å². The van der Waals surface area contributed by atoms with Crippen molar-refractivity contribution in [2.75, 3.05) is 0 Å². The molecule has 108 valence electrons. The molecule has 1 amide bonds. The van der Waals surface area contributed by atoms with Crippen LogP contribution in [0.2, 0.25) is 0 Å². The lowest BCUT2D eigenvalue weighted by atomic mass is 10.1. The van der Waals surface area contributed by atoms with E-state index in [0.717, 1.165) is 12.8 Å². The molecule has 4 heteroatoms.